The summed E-state index contributed by atoms with van der Waals surface area (Å²) in [5.74, 6) is -0.319. The zero-order valence-electron chi connectivity index (χ0n) is 18.7. The van der Waals surface area contributed by atoms with Crippen LogP contribution in [0.3, 0.4) is 0 Å². The summed E-state index contributed by atoms with van der Waals surface area (Å²) in [4.78, 5) is 14.8. The van der Waals surface area contributed by atoms with Crippen LogP contribution in [0.5, 0.6) is 0 Å². The maximum absolute atomic E-state index is 13.6. The Hall–Kier alpha value is -2.83. The van der Waals surface area contributed by atoms with Crippen molar-refractivity contribution in [1.82, 2.24) is 4.90 Å². The van der Waals surface area contributed by atoms with Crippen molar-refractivity contribution in [2.45, 2.75) is 32.2 Å². The van der Waals surface area contributed by atoms with E-state index in [4.69, 9.17) is 11.6 Å². The predicted molar refractivity (Wildman–Crippen MR) is 130 cm³/mol. The van der Waals surface area contributed by atoms with E-state index in [1.165, 1.54) is 4.90 Å². The van der Waals surface area contributed by atoms with Crippen LogP contribution in [0.2, 0.25) is 5.02 Å². The fourth-order valence-corrected chi connectivity index (χ4v) is 4.94. The van der Waals surface area contributed by atoms with Crippen LogP contribution in [0.25, 0.3) is 0 Å². The maximum Gasteiger partial charge on any atom is 0.264 e. The first kappa shape index (κ1) is 23.8. The summed E-state index contributed by atoms with van der Waals surface area (Å²) >= 11 is 6.28. The van der Waals surface area contributed by atoms with Crippen LogP contribution in [0.1, 0.15) is 22.3 Å². The van der Waals surface area contributed by atoms with Gasteiger partial charge in [-0.3, -0.25) is 9.10 Å². The number of halogens is 1. The lowest BCUT2D eigenvalue weighted by Gasteiger charge is -2.28. The van der Waals surface area contributed by atoms with Crippen LogP contribution in [0.4, 0.5) is 5.69 Å². The molecular formula is C25H27ClN2O3S. The largest absolute Gasteiger partial charge is 0.340 e. The minimum Gasteiger partial charge on any atom is -0.340 e. The van der Waals surface area contributed by atoms with Gasteiger partial charge in [0, 0.05) is 18.6 Å². The minimum absolute atomic E-state index is 0.122. The van der Waals surface area contributed by atoms with E-state index in [1.54, 1.807) is 56.4 Å². The molecule has 0 atom stereocenters. The minimum atomic E-state index is -3.99. The topological polar surface area (TPSA) is 57.7 Å². The molecule has 0 fully saturated rings. The molecule has 0 N–H and O–H groups in total. The number of hydrogen-bond donors (Lipinski definition) is 0. The Balaban J connectivity index is 1.95. The molecule has 0 bridgehead atoms. The first-order chi connectivity index (χ1) is 15.1. The van der Waals surface area contributed by atoms with E-state index in [9.17, 15) is 13.2 Å². The van der Waals surface area contributed by atoms with Gasteiger partial charge in [-0.2, -0.15) is 0 Å². The molecule has 0 unspecified atom stereocenters. The Bertz CT molecular complexity index is 1210. The van der Waals surface area contributed by atoms with E-state index < -0.39 is 10.0 Å². The molecule has 0 aliphatic heterocycles. The first-order valence-corrected chi connectivity index (χ1v) is 12.1. The number of anilines is 1. The van der Waals surface area contributed by atoms with Crippen molar-refractivity contribution < 1.29 is 13.2 Å². The normalized spacial score (nSPS) is 11.3. The van der Waals surface area contributed by atoms with Gasteiger partial charge in [-0.25, -0.2) is 8.42 Å². The summed E-state index contributed by atoms with van der Waals surface area (Å²) in [6.45, 7) is 5.68. The third-order valence-electron chi connectivity index (χ3n) is 5.36. The van der Waals surface area contributed by atoms with Crippen molar-refractivity contribution in [3.8, 4) is 0 Å². The zero-order valence-corrected chi connectivity index (χ0v) is 20.2. The van der Waals surface area contributed by atoms with E-state index in [2.05, 4.69) is 0 Å². The third-order valence-corrected chi connectivity index (χ3v) is 7.55. The number of benzene rings is 3. The van der Waals surface area contributed by atoms with Gasteiger partial charge < -0.3 is 4.90 Å². The van der Waals surface area contributed by atoms with E-state index in [0.717, 1.165) is 21.0 Å². The Kier molecular flexibility index (Phi) is 7.26. The van der Waals surface area contributed by atoms with Crippen LogP contribution < -0.4 is 4.31 Å². The highest BCUT2D eigenvalue weighted by molar-refractivity contribution is 7.92. The van der Waals surface area contributed by atoms with E-state index in [-0.39, 0.29) is 17.3 Å². The van der Waals surface area contributed by atoms with Crippen LogP contribution in [0.15, 0.2) is 71.6 Å². The van der Waals surface area contributed by atoms with Gasteiger partial charge in [0.2, 0.25) is 5.91 Å². The second-order valence-corrected chi connectivity index (χ2v) is 10.2. The fourth-order valence-electron chi connectivity index (χ4n) is 3.30. The molecule has 0 heterocycles. The number of hydrogen-bond acceptors (Lipinski definition) is 3. The molecule has 0 spiro atoms. The van der Waals surface area contributed by atoms with Gasteiger partial charge in [0.15, 0.2) is 0 Å². The molecule has 0 aliphatic carbocycles. The molecule has 3 aromatic carbocycles. The molecule has 0 saturated heterocycles. The SMILES string of the molecule is Cc1ccc(CN(C)C(=O)CN(c2cccc(Cl)c2C)S(=O)(=O)c2ccc(C)cc2)cc1. The Morgan fingerprint density at radius 1 is 0.875 bits per heavy atom. The molecule has 3 aromatic rings. The van der Waals surface area contributed by atoms with Crippen molar-refractivity contribution in [1.29, 1.82) is 0 Å². The molecule has 7 heteroatoms. The van der Waals surface area contributed by atoms with E-state index >= 15 is 0 Å². The monoisotopic (exact) mass is 470 g/mol. The number of rotatable bonds is 7. The lowest BCUT2D eigenvalue weighted by Crippen LogP contribution is -2.41. The second kappa shape index (κ2) is 9.76. The number of sulfonamides is 1. The number of nitrogens with zero attached hydrogens (tertiary/aromatic N) is 2. The number of likely N-dealkylation sites (N-methyl/N-ethyl adjacent to an activating group) is 1. The summed E-state index contributed by atoms with van der Waals surface area (Å²) in [5, 5.41) is 0.437. The summed E-state index contributed by atoms with van der Waals surface area (Å²) in [6.07, 6.45) is 0. The van der Waals surface area contributed by atoms with Crippen LogP contribution >= 0.6 is 11.6 Å². The van der Waals surface area contributed by atoms with Gasteiger partial charge in [-0.1, -0.05) is 65.2 Å². The average molecular weight is 471 g/mol. The summed E-state index contributed by atoms with van der Waals surface area (Å²) in [7, 11) is -2.32. The van der Waals surface area contributed by atoms with E-state index in [1.807, 2.05) is 38.1 Å². The predicted octanol–water partition coefficient (Wildman–Crippen LogP) is 5.12. The maximum atomic E-state index is 13.6. The van der Waals surface area contributed by atoms with Gasteiger partial charge in [-0.05, 0) is 56.2 Å². The van der Waals surface area contributed by atoms with Crippen LogP contribution in [-0.2, 0) is 21.4 Å². The van der Waals surface area contributed by atoms with Gasteiger partial charge in [0.25, 0.3) is 10.0 Å². The van der Waals surface area contributed by atoms with Crippen molar-refractivity contribution in [2.75, 3.05) is 17.9 Å². The third kappa shape index (κ3) is 5.31. The molecule has 32 heavy (non-hydrogen) atoms. The molecule has 0 aliphatic rings. The molecule has 0 aromatic heterocycles. The van der Waals surface area contributed by atoms with E-state index in [0.29, 0.717) is 22.8 Å². The Morgan fingerprint density at radius 3 is 2.03 bits per heavy atom. The highest BCUT2D eigenvalue weighted by Gasteiger charge is 2.29. The molecule has 3 rings (SSSR count). The first-order valence-electron chi connectivity index (χ1n) is 10.2. The van der Waals surface area contributed by atoms with Crippen molar-refractivity contribution in [2.24, 2.45) is 0 Å². The highest BCUT2D eigenvalue weighted by atomic mass is 35.5. The number of aryl methyl sites for hydroxylation is 2. The summed E-state index contributed by atoms with van der Waals surface area (Å²) in [6, 6.07) is 19.5. The lowest BCUT2D eigenvalue weighted by molar-refractivity contribution is -0.128. The number of carbonyl (C=O) groups is 1. The second-order valence-electron chi connectivity index (χ2n) is 7.94. The van der Waals surface area contributed by atoms with Gasteiger partial charge in [0.1, 0.15) is 6.54 Å². The van der Waals surface area contributed by atoms with Crippen molar-refractivity contribution in [3.63, 3.8) is 0 Å². The van der Waals surface area contributed by atoms with Crippen molar-refractivity contribution >= 4 is 33.2 Å². The number of amides is 1. The van der Waals surface area contributed by atoms with Crippen LogP contribution in [-0.4, -0.2) is 32.8 Å². The van der Waals surface area contributed by atoms with Gasteiger partial charge in [0.05, 0.1) is 10.6 Å². The molecule has 1 amide bonds. The smallest absolute Gasteiger partial charge is 0.264 e. The molecule has 168 valence electrons. The van der Waals surface area contributed by atoms with Gasteiger partial charge in [-0.15, -0.1) is 0 Å². The molecule has 0 radical (unpaired) electrons. The lowest BCUT2D eigenvalue weighted by atomic mass is 10.1. The highest BCUT2D eigenvalue weighted by Crippen LogP contribution is 2.31. The van der Waals surface area contributed by atoms with Crippen molar-refractivity contribution in [3.05, 3.63) is 94.0 Å². The number of carbonyl (C=O) groups excluding carboxylic acids is 1. The Labute approximate surface area is 195 Å². The average Bonchev–Trinajstić information content (AvgIpc) is 2.76. The van der Waals surface area contributed by atoms with Crippen LogP contribution in [0, 0.1) is 20.8 Å². The standard InChI is InChI=1S/C25H27ClN2O3S/c1-18-8-12-21(13-9-18)16-27(4)25(29)17-28(24-7-5-6-23(26)20(24)3)32(30,31)22-14-10-19(2)11-15-22/h5-15H,16-17H2,1-4H3. The summed E-state index contributed by atoms with van der Waals surface area (Å²) in [5.41, 5.74) is 4.03. The quantitative estimate of drug-likeness (QED) is 0.481. The molecule has 0 saturated carbocycles. The summed E-state index contributed by atoms with van der Waals surface area (Å²) < 4.78 is 28.3. The van der Waals surface area contributed by atoms with Gasteiger partial charge >= 0.3 is 0 Å². The zero-order chi connectivity index (χ0) is 23.5. The Morgan fingerprint density at radius 2 is 1.44 bits per heavy atom. The molecular weight excluding hydrogens is 444 g/mol. The fraction of sp³-hybridized carbons (Fsp3) is 0.240. The molecule has 5 nitrogen and oxygen atoms in total.